The van der Waals surface area contributed by atoms with Gasteiger partial charge in [0.2, 0.25) is 0 Å². The van der Waals surface area contributed by atoms with E-state index in [1.807, 2.05) is 0 Å². The number of Topliss-reactive ketones (excluding diaryl/α,β-unsaturated/α-hetero) is 2. The Morgan fingerprint density at radius 1 is 0.760 bits per heavy atom. The summed E-state index contributed by atoms with van der Waals surface area (Å²) < 4.78 is 8.32. The van der Waals surface area contributed by atoms with Crippen molar-refractivity contribution < 1.29 is 60.6 Å². The van der Waals surface area contributed by atoms with Gasteiger partial charge in [-0.15, -0.1) is 0 Å². The molecule has 9 heteroatoms. The molecule has 0 aromatic rings. The van der Waals surface area contributed by atoms with E-state index in [0.717, 1.165) is 0 Å². The first kappa shape index (κ1) is 34.9. The summed E-state index contributed by atoms with van der Waals surface area (Å²) >= 11 is 0. The van der Waals surface area contributed by atoms with Gasteiger partial charge in [-0.25, -0.2) is 0 Å². The van der Waals surface area contributed by atoms with Crippen LogP contribution in [-0.4, -0.2) is 60.1 Å². The van der Waals surface area contributed by atoms with E-state index in [4.69, 9.17) is 10.2 Å². The van der Waals surface area contributed by atoms with Crippen molar-refractivity contribution in [2.24, 2.45) is 0 Å². The standard InChI is InChI=1S/2C5H7O3.2C3H8O.Ti/c2*1-4(6)3-5(7)8-2;2*1-3(2)4;/h2*1,3H2,2H3;2*3-4H,1-2H3;/q2*-1;;;+2. The van der Waals surface area contributed by atoms with Gasteiger partial charge >= 0.3 is 33.7 Å². The van der Waals surface area contributed by atoms with Gasteiger partial charge in [-0.1, -0.05) is 0 Å². The van der Waals surface area contributed by atoms with Crippen molar-refractivity contribution >= 4 is 23.5 Å². The first-order valence-corrected chi connectivity index (χ1v) is 6.99. The van der Waals surface area contributed by atoms with E-state index in [2.05, 4.69) is 23.3 Å². The summed E-state index contributed by atoms with van der Waals surface area (Å²) in [6.07, 6.45) is -0.785. The molecule has 0 aliphatic rings. The Bertz CT molecular complexity index is 315. The van der Waals surface area contributed by atoms with Crippen molar-refractivity contribution in [1.29, 1.82) is 0 Å². The Hall–Kier alpha value is -1.35. The number of methoxy groups -OCH3 is 2. The van der Waals surface area contributed by atoms with Gasteiger partial charge in [-0.2, -0.15) is 0 Å². The summed E-state index contributed by atoms with van der Waals surface area (Å²) in [7, 11) is 2.45. The normalized spacial score (nSPS) is 8.08. The minimum absolute atomic E-state index is 0. The third-order valence-corrected chi connectivity index (χ3v) is 1.14. The second-order valence-electron chi connectivity index (χ2n) is 4.77. The molecule has 0 spiro atoms. The molecular formula is C16H30O8Ti. The number of carbonyl (C=O) groups is 4. The third kappa shape index (κ3) is 85.1. The van der Waals surface area contributed by atoms with E-state index in [1.165, 1.54) is 14.2 Å². The maximum atomic E-state index is 10.1. The zero-order chi connectivity index (χ0) is 20.3. The number of aliphatic hydroxyl groups excluding tert-OH is 2. The van der Waals surface area contributed by atoms with Crippen LogP contribution < -0.4 is 0 Å². The molecule has 0 aliphatic carbocycles. The van der Waals surface area contributed by atoms with Crippen LogP contribution in [-0.2, 0) is 50.4 Å². The largest absolute Gasteiger partial charge is 2.00 e. The molecule has 0 fully saturated rings. The minimum Gasteiger partial charge on any atom is -0.469 e. The summed E-state index contributed by atoms with van der Waals surface area (Å²) in [5, 5.41) is 16.1. The molecule has 0 saturated carbocycles. The Labute approximate surface area is 165 Å². The molecule has 2 N–H and O–H groups in total. The molecule has 0 aromatic heterocycles. The van der Waals surface area contributed by atoms with E-state index < -0.39 is 23.5 Å². The van der Waals surface area contributed by atoms with Gasteiger partial charge in [0.05, 0.1) is 27.1 Å². The average molecular weight is 398 g/mol. The van der Waals surface area contributed by atoms with Crippen molar-refractivity contribution in [3.63, 3.8) is 0 Å². The molecule has 0 radical (unpaired) electrons. The number of ketones is 2. The van der Waals surface area contributed by atoms with Crippen LogP contribution in [0, 0.1) is 13.8 Å². The fourth-order valence-electron chi connectivity index (χ4n) is 0.466. The number of hydrogen-bond acceptors (Lipinski definition) is 8. The van der Waals surface area contributed by atoms with E-state index in [9.17, 15) is 19.2 Å². The summed E-state index contributed by atoms with van der Waals surface area (Å²) in [5.74, 6) is -1.91. The van der Waals surface area contributed by atoms with Gasteiger partial charge in [-0.3, -0.25) is 9.59 Å². The summed E-state index contributed by atoms with van der Waals surface area (Å²) in [6.45, 7) is 12.9. The smallest absolute Gasteiger partial charge is 0.469 e. The van der Waals surface area contributed by atoms with Gasteiger partial charge < -0.3 is 43.1 Å². The SMILES string of the molecule is CC(C)O.CC(C)O.[CH2-]C(=O)CC(=O)OC.[CH2-]C(=O)CC(=O)OC.[Ti+2]. The molecule has 0 aromatic carbocycles. The predicted octanol–water partition coefficient (Wildman–Crippen LogP) is 0.677. The molecule has 25 heavy (non-hydrogen) atoms. The molecule has 0 amide bonds. The Kier molecular flexibility index (Phi) is 34.7. The molecule has 8 nitrogen and oxygen atoms in total. The minimum atomic E-state index is -0.537. The van der Waals surface area contributed by atoms with Crippen LogP contribution in [0.1, 0.15) is 40.5 Å². The predicted molar refractivity (Wildman–Crippen MR) is 88.7 cm³/mol. The van der Waals surface area contributed by atoms with Crippen LogP contribution in [0.25, 0.3) is 0 Å². The number of ether oxygens (including phenoxy) is 2. The number of esters is 2. The Morgan fingerprint density at radius 3 is 0.960 bits per heavy atom. The molecule has 146 valence electrons. The van der Waals surface area contributed by atoms with Crippen LogP contribution in [0.4, 0.5) is 0 Å². The van der Waals surface area contributed by atoms with Crippen molar-refractivity contribution in [3.05, 3.63) is 13.8 Å². The second kappa shape index (κ2) is 24.9. The molecule has 0 atom stereocenters. The molecule has 0 saturated heterocycles. The first-order valence-electron chi connectivity index (χ1n) is 6.99. The number of hydrogen-bond donors (Lipinski definition) is 2. The molecule has 0 bridgehead atoms. The topological polar surface area (TPSA) is 127 Å². The maximum absolute atomic E-state index is 10.1. The Morgan fingerprint density at radius 2 is 0.920 bits per heavy atom. The fraction of sp³-hybridized carbons (Fsp3) is 0.625. The molecular weight excluding hydrogens is 368 g/mol. The van der Waals surface area contributed by atoms with Crippen molar-refractivity contribution in [3.8, 4) is 0 Å². The summed E-state index contributed by atoms with van der Waals surface area (Å²) in [6, 6.07) is 0. The van der Waals surface area contributed by atoms with Gasteiger partial charge in [0.25, 0.3) is 0 Å². The van der Waals surface area contributed by atoms with Crippen molar-refractivity contribution in [2.75, 3.05) is 14.2 Å². The monoisotopic (exact) mass is 398 g/mol. The van der Waals surface area contributed by atoms with Gasteiger partial charge in [0.15, 0.2) is 0 Å². The number of aliphatic hydroxyl groups is 2. The molecule has 0 heterocycles. The van der Waals surface area contributed by atoms with Crippen molar-refractivity contribution in [1.82, 2.24) is 0 Å². The summed E-state index contributed by atoms with van der Waals surface area (Å²) in [5.41, 5.74) is 0. The van der Waals surface area contributed by atoms with Crippen LogP contribution in [0.15, 0.2) is 0 Å². The molecule has 0 rings (SSSR count). The van der Waals surface area contributed by atoms with E-state index in [0.29, 0.717) is 0 Å². The second-order valence-corrected chi connectivity index (χ2v) is 4.77. The zero-order valence-corrected chi connectivity index (χ0v) is 17.4. The van der Waals surface area contributed by atoms with Gasteiger partial charge in [-0.05, 0) is 27.7 Å². The van der Waals surface area contributed by atoms with Crippen LogP contribution in [0.5, 0.6) is 0 Å². The van der Waals surface area contributed by atoms with Crippen molar-refractivity contribution in [2.45, 2.75) is 52.7 Å². The number of carbonyl (C=O) groups excluding carboxylic acids is 4. The quantitative estimate of drug-likeness (QED) is 0.306. The fourth-order valence-corrected chi connectivity index (χ4v) is 0.466. The van der Waals surface area contributed by atoms with Crippen LogP contribution >= 0.6 is 0 Å². The van der Waals surface area contributed by atoms with E-state index in [1.54, 1.807) is 27.7 Å². The average Bonchev–Trinajstić information content (AvgIpc) is 2.36. The first-order chi connectivity index (χ1) is 10.8. The van der Waals surface area contributed by atoms with E-state index >= 15 is 0 Å². The number of rotatable bonds is 4. The zero-order valence-electron chi connectivity index (χ0n) is 15.8. The summed E-state index contributed by atoms with van der Waals surface area (Å²) in [4.78, 5) is 40.3. The van der Waals surface area contributed by atoms with Gasteiger partial charge in [0, 0.05) is 23.8 Å². The maximum Gasteiger partial charge on any atom is 2.00 e. The van der Waals surface area contributed by atoms with Crippen LogP contribution in [0.2, 0.25) is 0 Å². The van der Waals surface area contributed by atoms with E-state index in [-0.39, 0.29) is 46.8 Å². The molecule has 0 unspecified atom stereocenters. The van der Waals surface area contributed by atoms with Gasteiger partial charge in [0.1, 0.15) is 0 Å². The molecule has 0 aliphatic heterocycles. The van der Waals surface area contributed by atoms with Crippen LogP contribution in [0.3, 0.4) is 0 Å². The third-order valence-electron chi connectivity index (χ3n) is 1.14. The Balaban J connectivity index is -0.0000000739.